The molecule has 1 aliphatic heterocycles. The number of carbonyl (C=O) groups excluding carboxylic acids is 1. The first-order valence-electron chi connectivity index (χ1n) is 7.43. The Morgan fingerprint density at radius 3 is 2.52 bits per heavy atom. The first-order chi connectivity index (χ1) is 10.0. The predicted molar refractivity (Wildman–Crippen MR) is 76.5 cm³/mol. The highest BCUT2D eigenvalue weighted by molar-refractivity contribution is 5.76. The zero-order valence-electron chi connectivity index (χ0n) is 12.1. The molecule has 1 saturated carbocycles. The monoisotopic (exact) mass is 289 g/mol. The third kappa shape index (κ3) is 2.25. The SMILES string of the molecule is CC(=O)CC1OC(C2([N+](=O)[O-])CCCC2)c2ccccc21. The molecule has 5 heteroatoms. The topological polar surface area (TPSA) is 69.4 Å². The lowest BCUT2D eigenvalue weighted by Gasteiger charge is -2.27. The van der Waals surface area contributed by atoms with E-state index in [-0.39, 0.29) is 23.2 Å². The number of hydrogen-bond donors (Lipinski definition) is 0. The molecule has 0 radical (unpaired) electrons. The van der Waals surface area contributed by atoms with Crippen molar-refractivity contribution in [3.05, 3.63) is 45.5 Å². The molecule has 2 aliphatic rings. The Bertz CT molecular complexity index is 577. The summed E-state index contributed by atoms with van der Waals surface area (Å²) >= 11 is 0. The van der Waals surface area contributed by atoms with Gasteiger partial charge in [0.05, 0.1) is 6.10 Å². The van der Waals surface area contributed by atoms with Crippen molar-refractivity contribution in [1.82, 2.24) is 0 Å². The van der Waals surface area contributed by atoms with E-state index in [4.69, 9.17) is 4.74 Å². The van der Waals surface area contributed by atoms with E-state index in [1.165, 1.54) is 6.92 Å². The van der Waals surface area contributed by atoms with Crippen molar-refractivity contribution >= 4 is 5.78 Å². The molecule has 5 nitrogen and oxygen atoms in total. The molecule has 0 saturated heterocycles. The van der Waals surface area contributed by atoms with E-state index in [1.807, 2.05) is 24.3 Å². The number of ether oxygens (including phenoxy) is 1. The maximum Gasteiger partial charge on any atom is 0.252 e. The van der Waals surface area contributed by atoms with Gasteiger partial charge in [-0.2, -0.15) is 0 Å². The minimum atomic E-state index is -1.03. The van der Waals surface area contributed by atoms with Gasteiger partial charge in [-0.3, -0.25) is 14.9 Å². The van der Waals surface area contributed by atoms with Gasteiger partial charge in [-0.05, 0) is 30.9 Å². The van der Waals surface area contributed by atoms with Gasteiger partial charge in [0, 0.05) is 24.2 Å². The molecule has 21 heavy (non-hydrogen) atoms. The van der Waals surface area contributed by atoms with E-state index in [0.717, 1.165) is 24.0 Å². The summed E-state index contributed by atoms with van der Waals surface area (Å²) in [7, 11) is 0. The van der Waals surface area contributed by atoms with Crippen molar-refractivity contribution in [3.63, 3.8) is 0 Å². The maximum atomic E-state index is 11.7. The fraction of sp³-hybridized carbons (Fsp3) is 0.562. The van der Waals surface area contributed by atoms with Crippen LogP contribution >= 0.6 is 0 Å². The molecule has 1 aromatic rings. The number of nitrogens with zero attached hydrogens (tertiary/aromatic N) is 1. The smallest absolute Gasteiger partial charge is 0.252 e. The second-order valence-electron chi connectivity index (χ2n) is 6.11. The molecule has 0 amide bonds. The molecule has 0 bridgehead atoms. The van der Waals surface area contributed by atoms with Crippen LogP contribution in [0.2, 0.25) is 0 Å². The molecule has 1 aromatic carbocycles. The first-order valence-corrected chi connectivity index (χ1v) is 7.43. The van der Waals surface area contributed by atoms with E-state index in [1.54, 1.807) is 0 Å². The molecule has 0 N–H and O–H groups in total. The third-order valence-corrected chi connectivity index (χ3v) is 4.72. The van der Waals surface area contributed by atoms with Gasteiger partial charge in [0.2, 0.25) is 0 Å². The number of carbonyl (C=O) groups is 1. The molecule has 1 aliphatic carbocycles. The van der Waals surface area contributed by atoms with Gasteiger partial charge in [-0.15, -0.1) is 0 Å². The molecule has 1 fully saturated rings. The highest BCUT2D eigenvalue weighted by atomic mass is 16.6. The van der Waals surface area contributed by atoms with Crippen LogP contribution in [-0.4, -0.2) is 16.2 Å². The van der Waals surface area contributed by atoms with Gasteiger partial charge in [0.1, 0.15) is 5.78 Å². The van der Waals surface area contributed by atoms with Gasteiger partial charge < -0.3 is 4.74 Å². The number of benzene rings is 1. The van der Waals surface area contributed by atoms with Gasteiger partial charge in [0.15, 0.2) is 6.10 Å². The standard InChI is InChI=1S/C16H19NO4/c1-11(18)10-14-12-6-2-3-7-13(12)15(21-14)16(17(19)20)8-4-5-9-16/h2-3,6-7,14-15H,4-5,8-10H2,1H3. The number of hydrogen-bond acceptors (Lipinski definition) is 4. The van der Waals surface area contributed by atoms with Crippen molar-refractivity contribution in [2.45, 2.75) is 56.8 Å². The molecule has 0 aromatic heterocycles. The summed E-state index contributed by atoms with van der Waals surface area (Å²) in [5, 5.41) is 11.7. The lowest BCUT2D eigenvalue weighted by molar-refractivity contribution is -0.584. The average molecular weight is 289 g/mol. The highest BCUT2D eigenvalue weighted by Crippen LogP contribution is 2.52. The summed E-state index contributed by atoms with van der Waals surface area (Å²) in [5.74, 6) is 0.0389. The number of fused-ring (bicyclic) bond motifs is 1. The summed E-state index contributed by atoms with van der Waals surface area (Å²) in [6.07, 6.45) is 2.22. The Labute approximate surface area is 123 Å². The van der Waals surface area contributed by atoms with Crippen molar-refractivity contribution in [2.75, 3.05) is 0 Å². The molecule has 2 atom stereocenters. The summed E-state index contributed by atoms with van der Waals surface area (Å²) in [6.45, 7) is 1.53. The van der Waals surface area contributed by atoms with E-state index in [0.29, 0.717) is 12.8 Å². The molecule has 1 heterocycles. The summed E-state index contributed by atoms with van der Waals surface area (Å²) in [5.41, 5.74) is 0.801. The van der Waals surface area contributed by atoms with E-state index < -0.39 is 11.6 Å². The molecule has 0 spiro atoms. The van der Waals surface area contributed by atoms with Crippen LogP contribution in [0.1, 0.15) is 62.4 Å². The van der Waals surface area contributed by atoms with Crippen molar-refractivity contribution < 1.29 is 14.5 Å². The van der Waals surface area contributed by atoms with Crippen LogP contribution < -0.4 is 0 Å². The van der Waals surface area contributed by atoms with Crippen LogP contribution in [-0.2, 0) is 9.53 Å². The fourth-order valence-electron chi connectivity index (χ4n) is 3.72. The lowest BCUT2D eigenvalue weighted by Crippen LogP contribution is -2.41. The minimum Gasteiger partial charge on any atom is -0.358 e. The third-order valence-electron chi connectivity index (χ3n) is 4.72. The van der Waals surface area contributed by atoms with E-state index >= 15 is 0 Å². The van der Waals surface area contributed by atoms with Crippen molar-refractivity contribution in [2.24, 2.45) is 0 Å². The maximum absolute atomic E-state index is 11.7. The Hall–Kier alpha value is -1.75. The quantitative estimate of drug-likeness (QED) is 0.629. The fourth-order valence-corrected chi connectivity index (χ4v) is 3.72. The number of nitro groups is 1. The molecular weight excluding hydrogens is 270 g/mol. The lowest BCUT2D eigenvalue weighted by atomic mass is 9.85. The van der Waals surface area contributed by atoms with E-state index in [9.17, 15) is 14.9 Å². The normalized spacial score (nSPS) is 26.5. The summed E-state index contributed by atoms with van der Waals surface area (Å²) in [6, 6.07) is 7.61. The zero-order valence-corrected chi connectivity index (χ0v) is 12.1. The van der Waals surface area contributed by atoms with Crippen LogP contribution in [0.5, 0.6) is 0 Å². The average Bonchev–Trinajstić information content (AvgIpc) is 3.04. The minimum absolute atomic E-state index is 0.0389. The summed E-state index contributed by atoms with van der Waals surface area (Å²) < 4.78 is 6.03. The Kier molecular flexibility index (Phi) is 3.53. The highest BCUT2D eigenvalue weighted by Gasteiger charge is 2.57. The van der Waals surface area contributed by atoms with E-state index in [2.05, 4.69) is 0 Å². The van der Waals surface area contributed by atoms with Crippen LogP contribution in [0.25, 0.3) is 0 Å². The van der Waals surface area contributed by atoms with Crippen LogP contribution in [0.15, 0.2) is 24.3 Å². The predicted octanol–water partition coefficient (Wildman–Crippen LogP) is 3.37. The van der Waals surface area contributed by atoms with Crippen LogP contribution in [0.3, 0.4) is 0 Å². The van der Waals surface area contributed by atoms with Gasteiger partial charge >= 0.3 is 0 Å². The van der Waals surface area contributed by atoms with Crippen molar-refractivity contribution in [3.8, 4) is 0 Å². The second kappa shape index (κ2) is 5.22. The van der Waals surface area contributed by atoms with Gasteiger partial charge in [-0.1, -0.05) is 24.3 Å². The Morgan fingerprint density at radius 1 is 1.33 bits per heavy atom. The van der Waals surface area contributed by atoms with Crippen molar-refractivity contribution in [1.29, 1.82) is 0 Å². The number of rotatable bonds is 4. The molecular formula is C16H19NO4. The second-order valence-corrected chi connectivity index (χ2v) is 6.11. The largest absolute Gasteiger partial charge is 0.358 e. The first kappa shape index (κ1) is 14.2. The van der Waals surface area contributed by atoms with Gasteiger partial charge in [0.25, 0.3) is 5.54 Å². The van der Waals surface area contributed by atoms with Crippen LogP contribution in [0.4, 0.5) is 0 Å². The zero-order chi connectivity index (χ0) is 15.0. The van der Waals surface area contributed by atoms with Crippen LogP contribution in [0, 0.1) is 10.1 Å². The molecule has 112 valence electrons. The molecule has 3 rings (SSSR count). The molecule has 2 unspecified atom stereocenters. The summed E-state index contributed by atoms with van der Waals surface area (Å²) in [4.78, 5) is 23.0. The number of Topliss-reactive ketones (excluding diaryl/α,β-unsaturated/α-hetero) is 1. The number of ketones is 1. The Morgan fingerprint density at radius 2 is 1.95 bits per heavy atom. The Balaban J connectivity index is 2.01. The van der Waals surface area contributed by atoms with Gasteiger partial charge in [-0.25, -0.2) is 0 Å².